The van der Waals surface area contributed by atoms with Crippen molar-refractivity contribution in [3.8, 4) is 0 Å². The highest BCUT2D eigenvalue weighted by molar-refractivity contribution is 9.10. The zero-order valence-corrected chi connectivity index (χ0v) is 8.41. The van der Waals surface area contributed by atoms with Gasteiger partial charge in [0.25, 0.3) is 0 Å². The first-order valence-corrected chi connectivity index (χ1v) is 4.87. The summed E-state index contributed by atoms with van der Waals surface area (Å²) in [7, 11) is 0. The highest BCUT2D eigenvalue weighted by atomic mass is 79.9. The van der Waals surface area contributed by atoms with Crippen molar-refractivity contribution in [1.82, 2.24) is 4.98 Å². The summed E-state index contributed by atoms with van der Waals surface area (Å²) in [6.07, 6.45) is 3.83. The van der Waals surface area contributed by atoms with Crippen LogP contribution in [0.1, 0.15) is 34.7 Å². The van der Waals surface area contributed by atoms with Crippen molar-refractivity contribution < 1.29 is 9.90 Å². The molecule has 1 aliphatic carbocycles. The number of carboxylic acid groups (broad SMARTS) is 1. The lowest BCUT2D eigenvalue weighted by molar-refractivity contribution is 0.0694. The summed E-state index contributed by atoms with van der Waals surface area (Å²) in [6.45, 7) is 0. The maximum atomic E-state index is 10.9. The first-order chi connectivity index (χ1) is 6.20. The number of rotatable bonds is 2. The fourth-order valence-corrected chi connectivity index (χ4v) is 1.91. The molecule has 1 aromatic rings. The van der Waals surface area contributed by atoms with E-state index < -0.39 is 5.97 Å². The van der Waals surface area contributed by atoms with Crippen LogP contribution in [-0.4, -0.2) is 16.1 Å². The second-order valence-electron chi connectivity index (χ2n) is 3.15. The number of halogens is 1. The first-order valence-electron chi connectivity index (χ1n) is 4.08. The van der Waals surface area contributed by atoms with Gasteiger partial charge in [0.2, 0.25) is 0 Å². The third-order valence-corrected chi connectivity index (χ3v) is 2.77. The van der Waals surface area contributed by atoms with E-state index in [2.05, 4.69) is 20.9 Å². The molecule has 68 valence electrons. The molecule has 0 radical (unpaired) electrons. The second-order valence-corrected chi connectivity index (χ2v) is 3.90. The molecule has 4 heteroatoms. The second kappa shape index (κ2) is 3.10. The van der Waals surface area contributed by atoms with Gasteiger partial charge >= 0.3 is 5.97 Å². The van der Waals surface area contributed by atoms with Crippen molar-refractivity contribution in [2.45, 2.75) is 18.8 Å². The standard InChI is InChI=1S/C9H8BrNO2/c10-8-7(9(12)13)6(3-4-11-8)5-1-2-5/h3-5H,1-2H2,(H,12,13). The molecule has 1 N–H and O–H groups in total. The quantitative estimate of drug-likeness (QED) is 0.810. The van der Waals surface area contributed by atoms with E-state index in [9.17, 15) is 4.79 Å². The Morgan fingerprint density at radius 1 is 1.62 bits per heavy atom. The van der Waals surface area contributed by atoms with Crippen LogP contribution in [0, 0.1) is 0 Å². The Morgan fingerprint density at radius 2 is 2.31 bits per heavy atom. The summed E-state index contributed by atoms with van der Waals surface area (Å²) in [5.74, 6) is -0.465. The molecule has 0 unspecified atom stereocenters. The van der Waals surface area contributed by atoms with Gasteiger partial charge in [-0.05, 0) is 46.3 Å². The van der Waals surface area contributed by atoms with Crippen molar-refractivity contribution in [2.75, 3.05) is 0 Å². The number of pyridine rings is 1. The van der Waals surface area contributed by atoms with Crippen LogP contribution in [0.25, 0.3) is 0 Å². The van der Waals surface area contributed by atoms with Crippen LogP contribution in [0.5, 0.6) is 0 Å². The monoisotopic (exact) mass is 241 g/mol. The number of nitrogens with zero attached hydrogens (tertiary/aromatic N) is 1. The van der Waals surface area contributed by atoms with Gasteiger partial charge in [-0.3, -0.25) is 0 Å². The van der Waals surface area contributed by atoms with Gasteiger partial charge in [-0.25, -0.2) is 9.78 Å². The molecule has 1 aromatic heterocycles. The fraction of sp³-hybridized carbons (Fsp3) is 0.333. The summed E-state index contributed by atoms with van der Waals surface area (Å²) in [6, 6.07) is 1.80. The molecule has 0 saturated heterocycles. The minimum absolute atomic E-state index is 0.324. The summed E-state index contributed by atoms with van der Waals surface area (Å²) in [5, 5.41) is 8.95. The van der Waals surface area contributed by atoms with E-state index in [0.717, 1.165) is 18.4 Å². The lowest BCUT2D eigenvalue weighted by Crippen LogP contribution is -2.04. The number of hydrogen-bond donors (Lipinski definition) is 1. The van der Waals surface area contributed by atoms with Crippen LogP contribution in [0.15, 0.2) is 16.9 Å². The zero-order chi connectivity index (χ0) is 9.42. The molecule has 1 fully saturated rings. The Balaban J connectivity index is 2.53. The molecule has 13 heavy (non-hydrogen) atoms. The largest absolute Gasteiger partial charge is 0.478 e. The third kappa shape index (κ3) is 1.58. The molecule has 0 amide bonds. The summed E-state index contributed by atoms with van der Waals surface area (Å²) < 4.78 is 0.435. The van der Waals surface area contributed by atoms with Crippen molar-refractivity contribution in [1.29, 1.82) is 0 Å². The molecule has 0 aliphatic heterocycles. The summed E-state index contributed by atoms with van der Waals surface area (Å²) in [4.78, 5) is 14.8. The topological polar surface area (TPSA) is 50.2 Å². The van der Waals surface area contributed by atoms with E-state index in [1.165, 1.54) is 0 Å². The lowest BCUT2D eigenvalue weighted by atomic mass is 10.1. The van der Waals surface area contributed by atoms with Crippen molar-refractivity contribution in [3.63, 3.8) is 0 Å². The number of aromatic nitrogens is 1. The van der Waals surface area contributed by atoms with Gasteiger partial charge in [0.05, 0.1) is 5.56 Å². The minimum Gasteiger partial charge on any atom is -0.478 e. The molecule has 0 spiro atoms. The normalized spacial score (nSPS) is 15.8. The van der Waals surface area contributed by atoms with E-state index in [1.807, 2.05) is 0 Å². The Morgan fingerprint density at radius 3 is 2.85 bits per heavy atom. The molecule has 1 aliphatic rings. The SMILES string of the molecule is O=C(O)c1c(C2CC2)ccnc1Br. The van der Waals surface area contributed by atoms with Crippen LogP contribution in [0.2, 0.25) is 0 Å². The molecule has 0 atom stereocenters. The number of aromatic carboxylic acids is 1. The molecule has 1 saturated carbocycles. The molecule has 3 nitrogen and oxygen atoms in total. The molecular formula is C9H8BrNO2. The minimum atomic E-state index is -0.901. The van der Waals surface area contributed by atoms with Gasteiger partial charge in [-0.1, -0.05) is 0 Å². The number of hydrogen-bond acceptors (Lipinski definition) is 2. The average Bonchev–Trinajstić information content (AvgIpc) is 2.85. The van der Waals surface area contributed by atoms with Gasteiger partial charge in [0, 0.05) is 6.20 Å². The number of carbonyl (C=O) groups is 1. The van der Waals surface area contributed by atoms with Gasteiger partial charge in [-0.2, -0.15) is 0 Å². The van der Waals surface area contributed by atoms with E-state index in [4.69, 9.17) is 5.11 Å². The Hall–Kier alpha value is -0.900. The molecule has 2 rings (SSSR count). The molecule has 1 heterocycles. The van der Waals surface area contributed by atoms with Crippen molar-refractivity contribution in [3.05, 3.63) is 28.0 Å². The van der Waals surface area contributed by atoms with Crippen LogP contribution in [0.4, 0.5) is 0 Å². The smallest absolute Gasteiger partial charge is 0.338 e. The van der Waals surface area contributed by atoms with E-state index in [1.54, 1.807) is 12.3 Å². The summed E-state index contributed by atoms with van der Waals surface area (Å²) in [5.41, 5.74) is 1.24. The van der Waals surface area contributed by atoms with Gasteiger partial charge < -0.3 is 5.11 Å². The van der Waals surface area contributed by atoms with Gasteiger partial charge in [0.1, 0.15) is 4.60 Å². The third-order valence-electron chi connectivity index (χ3n) is 2.17. The van der Waals surface area contributed by atoms with E-state index in [0.29, 0.717) is 16.1 Å². The van der Waals surface area contributed by atoms with E-state index in [-0.39, 0.29) is 0 Å². The fourth-order valence-electron chi connectivity index (χ4n) is 1.40. The molecule has 0 aromatic carbocycles. The molecule has 0 bridgehead atoms. The van der Waals surface area contributed by atoms with Crippen molar-refractivity contribution in [2.24, 2.45) is 0 Å². The lowest BCUT2D eigenvalue weighted by Gasteiger charge is -2.04. The van der Waals surface area contributed by atoms with Crippen LogP contribution in [0.3, 0.4) is 0 Å². The predicted octanol–water partition coefficient (Wildman–Crippen LogP) is 2.42. The zero-order valence-electron chi connectivity index (χ0n) is 6.83. The Kier molecular flexibility index (Phi) is 2.07. The Bertz CT molecular complexity index is 361. The van der Waals surface area contributed by atoms with Crippen LogP contribution in [-0.2, 0) is 0 Å². The maximum absolute atomic E-state index is 10.9. The predicted molar refractivity (Wildman–Crippen MR) is 50.9 cm³/mol. The van der Waals surface area contributed by atoms with Crippen molar-refractivity contribution >= 4 is 21.9 Å². The number of carboxylic acids is 1. The van der Waals surface area contributed by atoms with Gasteiger partial charge in [0.15, 0.2) is 0 Å². The molecular weight excluding hydrogens is 234 g/mol. The van der Waals surface area contributed by atoms with Gasteiger partial charge in [-0.15, -0.1) is 0 Å². The van der Waals surface area contributed by atoms with Crippen LogP contribution >= 0.6 is 15.9 Å². The first kappa shape index (κ1) is 8.69. The highest BCUT2D eigenvalue weighted by Gasteiger charge is 2.29. The maximum Gasteiger partial charge on any atom is 0.338 e. The summed E-state index contributed by atoms with van der Waals surface area (Å²) >= 11 is 3.15. The highest BCUT2D eigenvalue weighted by Crippen LogP contribution is 2.42. The van der Waals surface area contributed by atoms with Crippen LogP contribution < -0.4 is 0 Å². The van der Waals surface area contributed by atoms with E-state index >= 15 is 0 Å². The average molecular weight is 242 g/mol. The Labute approximate surface area is 83.9 Å².